The average molecular weight is 259 g/mol. The lowest BCUT2D eigenvalue weighted by molar-refractivity contribution is 0.562. The molecule has 0 fully saturated rings. The van der Waals surface area contributed by atoms with Crippen molar-refractivity contribution in [2.24, 2.45) is 0 Å². The molecule has 0 spiro atoms. The minimum Gasteiger partial charge on any atom is -0.361 e. The van der Waals surface area contributed by atoms with Gasteiger partial charge in [-0.1, -0.05) is 24.3 Å². The molecule has 1 heterocycles. The number of nitrogens with one attached hydrogen (secondary N) is 1. The molecule has 0 amide bonds. The Bertz CT molecular complexity index is 535. The smallest absolute Gasteiger partial charge is 0.202 e. The second kappa shape index (κ2) is 5.06. The van der Waals surface area contributed by atoms with Gasteiger partial charge in [-0.25, -0.2) is 4.98 Å². The third-order valence-corrected chi connectivity index (χ3v) is 4.17. The quantitative estimate of drug-likeness (QED) is 0.919. The molecular weight excluding hydrogens is 242 g/mol. The lowest BCUT2D eigenvalue weighted by atomic mass is 9.83. The number of benzene rings is 1. The van der Waals surface area contributed by atoms with Crippen molar-refractivity contribution in [3.8, 4) is 0 Å². The first-order valence-electron chi connectivity index (χ1n) is 6.51. The Morgan fingerprint density at radius 3 is 3.00 bits per heavy atom. The monoisotopic (exact) mass is 259 g/mol. The molecule has 0 saturated heterocycles. The van der Waals surface area contributed by atoms with Gasteiger partial charge in [0.15, 0.2) is 0 Å². The fourth-order valence-electron chi connectivity index (χ4n) is 2.54. The van der Waals surface area contributed by atoms with Crippen LogP contribution < -0.4 is 5.32 Å². The van der Waals surface area contributed by atoms with E-state index in [1.807, 2.05) is 0 Å². The molecule has 4 heteroatoms. The summed E-state index contributed by atoms with van der Waals surface area (Å²) in [6.07, 6.45) is 3.40. The molecular formula is C14H17N3S. The molecule has 1 aliphatic carbocycles. The van der Waals surface area contributed by atoms with Crippen LogP contribution in [-0.2, 0) is 12.8 Å². The van der Waals surface area contributed by atoms with Crippen LogP contribution in [0.3, 0.4) is 0 Å². The molecule has 0 radical (unpaired) electrons. The van der Waals surface area contributed by atoms with Gasteiger partial charge in [0.05, 0.1) is 0 Å². The van der Waals surface area contributed by atoms with E-state index in [0.717, 1.165) is 30.3 Å². The van der Waals surface area contributed by atoms with E-state index in [-0.39, 0.29) is 0 Å². The number of anilines is 1. The highest BCUT2D eigenvalue weighted by Crippen LogP contribution is 2.32. The maximum absolute atomic E-state index is 4.59. The van der Waals surface area contributed by atoms with Gasteiger partial charge in [0.2, 0.25) is 5.13 Å². The van der Waals surface area contributed by atoms with Crippen molar-refractivity contribution in [3.63, 3.8) is 0 Å². The third-order valence-electron chi connectivity index (χ3n) is 3.48. The molecule has 1 atom stereocenters. The van der Waals surface area contributed by atoms with Crippen LogP contribution in [0.5, 0.6) is 0 Å². The van der Waals surface area contributed by atoms with Gasteiger partial charge < -0.3 is 5.32 Å². The lowest BCUT2D eigenvalue weighted by Crippen LogP contribution is -2.13. The van der Waals surface area contributed by atoms with Crippen LogP contribution >= 0.6 is 11.5 Å². The zero-order chi connectivity index (χ0) is 12.4. The van der Waals surface area contributed by atoms with E-state index in [0.29, 0.717) is 5.92 Å². The van der Waals surface area contributed by atoms with Crippen molar-refractivity contribution >= 4 is 16.7 Å². The SMILES string of the molecule is CCNc1nc(C2CCc3ccccc3C2)ns1. The zero-order valence-corrected chi connectivity index (χ0v) is 11.3. The van der Waals surface area contributed by atoms with Crippen molar-refractivity contribution < 1.29 is 0 Å². The zero-order valence-electron chi connectivity index (χ0n) is 10.5. The molecule has 94 valence electrons. The van der Waals surface area contributed by atoms with Crippen LogP contribution in [0.2, 0.25) is 0 Å². The highest BCUT2D eigenvalue weighted by molar-refractivity contribution is 7.09. The van der Waals surface area contributed by atoms with E-state index in [9.17, 15) is 0 Å². The first-order chi connectivity index (χ1) is 8.86. The van der Waals surface area contributed by atoms with E-state index < -0.39 is 0 Å². The Balaban J connectivity index is 1.78. The van der Waals surface area contributed by atoms with Gasteiger partial charge >= 0.3 is 0 Å². The Kier molecular flexibility index (Phi) is 3.28. The van der Waals surface area contributed by atoms with Crippen molar-refractivity contribution in [3.05, 3.63) is 41.2 Å². The predicted molar refractivity (Wildman–Crippen MR) is 75.3 cm³/mol. The van der Waals surface area contributed by atoms with Crippen molar-refractivity contribution in [2.75, 3.05) is 11.9 Å². The summed E-state index contributed by atoms with van der Waals surface area (Å²) in [6, 6.07) is 8.73. The van der Waals surface area contributed by atoms with Crippen LogP contribution in [0, 0.1) is 0 Å². The second-order valence-corrected chi connectivity index (χ2v) is 5.45. The molecule has 1 unspecified atom stereocenters. The van der Waals surface area contributed by atoms with Crippen LogP contribution in [-0.4, -0.2) is 15.9 Å². The summed E-state index contributed by atoms with van der Waals surface area (Å²) in [6.45, 7) is 2.99. The molecule has 0 aliphatic heterocycles. The first-order valence-corrected chi connectivity index (χ1v) is 7.28. The Hall–Kier alpha value is -1.42. The summed E-state index contributed by atoms with van der Waals surface area (Å²) >= 11 is 1.48. The maximum atomic E-state index is 4.59. The van der Waals surface area contributed by atoms with E-state index in [4.69, 9.17) is 0 Å². The fraction of sp³-hybridized carbons (Fsp3) is 0.429. The summed E-state index contributed by atoms with van der Waals surface area (Å²) in [4.78, 5) is 4.59. The standard InChI is InChI=1S/C14H17N3S/c1-2-15-14-16-13(17-18-14)12-8-7-10-5-3-4-6-11(10)9-12/h3-6,12H,2,7-9H2,1H3,(H,15,16,17). The summed E-state index contributed by atoms with van der Waals surface area (Å²) in [5.41, 5.74) is 2.96. The van der Waals surface area contributed by atoms with Gasteiger partial charge in [0.1, 0.15) is 5.82 Å². The maximum Gasteiger partial charge on any atom is 0.202 e. The van der Waals surface area contributed by atoms with Crippen molar-refractivity contribution in [1.29, 1.82) is 0 Å². The molecule has 0 bridgehead atoms. The summed E-state index contributed by atoms with van der Waals surface area (Å²) in [5.74, 6) is 1.51. The van der Waals surface area contributed by atoms with Gasteiger partial charge in [0, 0.05) is 24.0 Å². The Labute approximate surface area is 111 Å². The minimum absolute atomic E-state index is 0.489. The van der Waals surface area contributed by atoms with Crippen LogP contribution in [0.25, 0.3) is 0 Å². The highest BCUT2D eigenvalue weighted by Gasteiger charge is 2.23. The van der Waals surface area contributed by atoms with Gasteiger partial charge in [-0.15, -0.1) is 0 Å². The molecule has 1 aromatic carbocycles. The van der Waals surface area contributed by atoms with E-state index >= 15 is 0 Å². The number of rotatable bonds is 3. The van der Waals surface area contributed by atoms with Crippen molar-refractivity contribution in [2.45, 2.75) is 32.1 Å². The van der Waals surface area contributed by atoms with Crippen LogP contribution in [0.1, 0.15) is 36.2 Å². The van der Waals surface area contributed by atoms with Gasteiger partial charge in [-0.2, -0.15) is 4.37 Å². The molecule has 1 aromatic heterocycles. The van der Waals surface area contributed by atoms with Gasteiger partial charge in [0.25, 0.3) is 0 Å². The number of nitrogens with zero attached hydrogens (tertiary/aromatic N) is 2. The Morgan fingerprint density at radius 2 is 2.17 bits per heavy atom. The first kappa shape index (κ1) is 11.7. The fourth-order valence-corrected chi connectivity index (χ4v) is 3.26. The largest absolute Gasteiger partial charge is 0.361 e. The summed E-state index contributed by atoms with van der Waals surface area (Å²) in [7, 11) is 0. The molecule has 0 saturated carbocycles. The van der Waals surface area contributed by atoms with Crippen LogP contribution in [0.4, 0.5) is 5.13 Å². The molecule has 1 N–H and O–H groups in total. The number of aromatic nitrogens is 2. The minimum atomic E-state index is 0.489. The molecule has 3 rings (SSSR count). The van der Waals surface area contributed by atoms with E-state index in [1.54, 1.807) is 0 Å². The number of hydrogen-bond acceptors (Lipinski definition) is 4. The lowest BCUT2D eigenvalue weighted by Gasteiger charge is -2.22. The van der Waals surface area contributed by atoms with Gasteiger partial charge in [-0.3, -0.25) is 0 Å². The second-order valence-electron chi connectivity index (χ2n) is 4.70. The van der Waals surface area contributed by atoms with Crippen LogP contribution in [0.15, 0.2) is 24.3 Å². The summed E-state index contributed by atoms with van der Waals surface area (Å²) < 4.78 is 4.50. The number of fused-ring (bicyclic) bond motifs is 1. The average Bonchev–Trinajstić information content (AvgIpc) is 2.87. The normalized spacial score (nSPS) is 18.4. The topological polar surface area (TPSA) is 37.8 Å². The number of hydrogen-bond donors (Lipinski definition) is 1. The number of aryl methyl sites for hydroxylation is 1. The van der Waals surface area contributed by atoms with Crippen molar-refractivity contribution in [1.82, 2.24) is 9.36 Å². The molecule has 18 heavy (non-hydrogen) atoms. The molecule has 2 aromatic rings. The highest BCUT2D eigenvalue weighted by atomic mass is 32.1. The molecule has 1 aliphatic rings. The summed E-state index contributed by atoms with van der Waals surface area (Å²) in [5, 5.41) is 4.18. The predicted octanol–water partition coefficient (Wildman–Crippen LogP) is 3.24. The van der Waals surface area contributed by atoms with E-state index in [1.165, 1.54) is 29.1 Å². The van der Waals surface area contributed by atoms with Gasteiger partial charge in [-0.05, 0) is 37.3 Å². The third kappa shape index (κ3) is 2.25. The molecule has 3 nitrogen and oxygen atoms in total. The Morgan fingerprint density at radius 1 is 1.33 bits per heavy atom. The van der Waals surface area contributed by atoms with E-state index in [2.05, 4.69) is 45.9 Å².